The van der Waals surface area contributed by atoms with Crippen LogP contribution in [-0.2, 0) is 6.42 Å². The van der Waals surface area contributed by atoms with E-state index >= 15 is 0 Å². The zero-order valence-corrected chi connectivity index (χ0v) is 13.8. The van der Waals surface area contributed by atoms with Crippen molar-refractivity contribution in [3.63, 3.8) is 0 Å². The Morgan fingerprint density at radius 1 is 1.36 bits per heavy atom. The quantitative estimate of drug-likeness (QED) is 0.751. The molecule has 6 nitrogen and oxygen atoms in total. The fourth-order valence-electron chi connectivity index (χ4n) is 2.11. The highest BCUT2D eigenvalue weighted by molar-refractivity contribution is 8.00. The van der Waals surface area contributed by atoms with Crippen LogP contribution in [0.1, 0.15) is 30.5 Å². The number of aromatic nitrogens is 2. The highest BCUT2D eigenvalue weighted by Crippen LogP contribution is 2.38. The van der Waals surface area contributed by atoms with Crippen LogP contribution in [0.2, 0.25) is 0 Å². The van der Waals surface area contributed by atoms with Gasteiger partial charge in [-0.2, -0.15) is 18.2 Å². The molecule has 1 fully saturated rings. The van der Waals surface area contributed by atoms with E-state index in [1.54, 1.807) is 0 Å². The van der Waals surface area contributed by atoms with Gasteiger partial charge in [-0.1, -0.05) is 11.2 Å². The number of hydrogen-bond donors (Lipinski definition) is 2. The van der Waals surface area contributed by atoms with Gasteiger partial charge in [0.25, 0.3) is 0 Å². The zero-order valence-electron chi connectivity index (χ0n) is 13.0. The number of amides is 2. The highest BCUT2D eigenvalue weighted by atomic mass is 32.2. The molecule has 0 atom stereocenters. The van der Waals surface area contributed by atoms with Gasteiger partial charge in [0.15, 0.2) is 5.82 Å². The van der Waals surface area contributed by atoms with E-state index in [0.29, 0.717) is 24.1 Å². The zero-order chi connectivity index (χ0) is 17.9. The smallest absolute Gasteiger partial charge is 0.339 e. The largest absolute Gasteiger partial charge is 0.446 e. The van der Waals surface area contributed by atoms with Gasteiger partial charge in [-0.05, 0) is 42.8 Å². The third kappa shape index (κ3) is 5.66. The van der Waals surface area contributed by atoms with Gasteiger partial charge >= 0.3 is 11.5 Å². The fourth-order valence-corrected chi connectivity index (χ4v) is 2.71. The Morgan fingerprint density at radius 2 is 2.16 bits per heavy atom. The maximum Gasteiger partial charge on any atom is 0.446 e. The second-order valence-corrected chi connectivity index (χ2v) is 6.67. The van der Waals surface area contributed by atoms with Crippen LogP contribution in [0.3, 0.4) is 0 Å². The molecule has 1 aliphatic rings. The number of alkyl halides is 3. The van der Waals surface area contributed by atoms with Crippen LogP contribution in [0, 0.1) is 0 Å². The molecule has 1 aliphatic carbocycles. The molecule has 25 heavy (non-hydrogen) atoms. The van der Waals surface area contributed by atoms with Crippen LogP contribution in [0.15, 0.2) is 33.7 Å². The van der Waals surface area contributed by atoms with E-state index in [1.807, 2.05) is 0 Å². The summed E-state index contributed by atoms with van der Waals surface area (Å²) in [6.07, 6.45) is 2.54. The summed E-state index contributed by atoms with van der Waals surface area (Å²) < 4.78 is 42.2. The van der Waals surface area contributed by atoms with Gasteiger partial charge < -0.3 is 15.2 Å². The summed E-state index contributed by atoms with van der Waals surface area (Å²) in [5.74, 6) is 1.56. The Kier molecular flexibility index (Phi) is 5.16. The Hall–Kier alpha value is -2.23. The van der Waals surface area contributed by atoms with E-state index < -0.39 is 11.5 Å². The van der Waals surface area contributed by atoms with Crippen LogP contribution in [0.5, 0.6) is 0 Å². The van der Waals surface area contributed by atoms with Crippen molar-refractivity contribution in [2.75, 3.05) is 11.9 Å². The number of nitrogens with zero attached hydrogens (tertiary/aromatic N) is 2. The third-order valence-corrected chi connectivity index (χ3v) is 4.10. The van der Waals surface area contributed by atoms with Crippen LogP contribution in [0.4, 0.5) is 23.7 Å². The molecule has 2 amide bonds. The summed E-state index contributed by atoms with van der Waals surface area (Å²) in [5, 5.41) is 8.96. The summed E-state index contributed by atoms with van der Waals surface area (Å²) >= 11 is -0.233. The standard InChI is InChI=1S/C15H15F3N4O2S/c16-15(17,18)25-11-3-1-2-10(8-11)20-14(23)19-7-6-12-21-13(22-24-12)9-4-5-9/h1-3,8-9H,4-7H2,(H2,19,20,23). The monoisotopic (exact) mass is 372 g/mol. The first-order valence-electron chi connectivity index (χ1n) is 7.62. The predicted octanol–water partition coefficient (Wildman–Crippen LogP) is 3.92. The van der Waals surface area contributed by atoms with E-state index in [2.05, 4.69) is 20.8 Å². The van der Waals surface area contributed by atoms with Crippen molar-refractivity contribution in [3.8, 4) is 0 Å². The molecule has 10 heteroatoms. The van der Waals surface area contributed by atoms with Gasteiger partial charge in [0.2, 0.25) is 5.89 Å². The van der Waals surface area contributed by atoms with Gasteiger partial charge in [0.1, 0.15) is 0 Å². The maximum absolute atomic E-state index is 12.4. The van der Waals surface area contributed by atoms with Crippen molar-refractivity contribution in [1.82, 2.24) is 15.5 Å². The molecule has 0 saturated heterocycles. The molecule has 0 aliphatic heterocycles. The predicted molar refractivity (Wildman–Crippen MR) is 85.4 cm³/mol. The van der Waals surface area contributed by atoms with E-state index in [-0.39, 0.29) is 28.9 Å². The molecule has 3 rings (SSSR count). The summed E-state index contributed by atoms with van der Waals surface area (Å²) in [6, 6.07) is 5.03. The molecule has 0 radical (unpaired) electrons. The normalized spacial score (nSPS) is 14.4. The number of urea groups is 1. The molecule has 2 aromatic rings. The molecule has 1 aromatic heterocycles. The van der Waals surface area contributed by atoms with Gasteiger partial charge in [0.05, 0.1) is 0 Å². The third-order valence-electron chi connectivity index (χ3n) is 3.38. The van der Waals surface area contributed by atoms with E-state index in [9.17, 15) is 18.0 Å². The van der Waals surface area contributed by atoms with Gasteiger partial charge in [0, 0.05) is 29.5 Å². The molecule has 1 aromatic carbocycles. The lowest BCUT2D eigenvalue weighted by Gasteiger charge is -2.09. The molecule has 0 spiro atoms. The fraction of sp³-hybridized carbons (Fsp3) is 0.400. The number of halogens is 3. The molecule has 0 unspecified atom stereocenters. The number of carbonyl (C=O) groups is 1. The van der Waals surface area contributed by atoms with Crippen molar-refractivity contribution in [2.24, 2.45) is 0 Å². The average Bonchev–Trinajstić information content (AvgIpc) is 3.26. The minimum absolute atomic E-state index is 0.00349. The number of anilines is 1. The van der Waals surface area contributed by atoms with Crippen LogP contribution in [-0.4, -0.2) is 28.2 Å². The first kappa shape index (κ1) is 17.6. The number of nitrogens with one attached hydrogen (secondary N) is 2. The van der Waals surface area contributed by atoms with Crippen molar-refractivity contribution in [1.29, 1.82) is 0 Å². The molecular weight excluding hydrogens is 357 g/mol. The molecule has 2 N–H and O–H groups in total. The van der Waals surface area contributed by atoms with E-state index in [1.165, 1.54) is 24.3 Å². The second-order valence-electron chi connectivity index (χ2n) is 5.53. The van der Waals surface area contributed by atoms with E-state index in [0.717, 1.165) is 12.8 Å². The Bertz CT molecular complexity index is 746. The van der Waals surface area contributed by atoms with Gasteiger partial charge in [-0.3, -0.25) is 0 Å². The topological polar surface area (TPSA) is 80.1 Å². The molecule has 1 saturated carbocycles. The summed E-state index contributed by atoms with van der Waals surface area (Å²) in [4.78, 5) is 16.0. The minimum atomic E-state index is -4.37. The molecular formula is C15H15F3N4O2S. The molecule has 134 valence electrons. The lowest BCUT2D eigenvalue weighted by Crippen LogP contribution is -2.30. The number of carbonyl (C=O) groups excluding carboxylic acids is 1. The number of thioether (sulfide) groups is 1. The Morgan fingerprint density at radius 3 is 2.88 bits per heavy atom. The number of rotatable bonds is 6. The molecule has 0 bridgehead atoms. The lowest BCUT2D eigenvalue weighted by atomic mass is 10.3. The Labute approximate surface area is 145 Å². The summed E-state index contributed by atoms with van der Waals surface area (Å²) in [7, 11) is 0. The van der Waals surface area contributed by atoms with Crippen molar-refractivity contribution >= 4 is 23.5 Å². The first-order valence-corrected chi connectivity index (χ1v) is 8.44. The summed E-state index contributed by atoms with van der Waals surface area (Å²) in [6.45, 7) is 0.273. The maximum atomic E-state index is 12.4. The van der Waals surface area contributed by atoms with Crippen LogP contribution >= 0.6 is 11.8 Å². The summed E-state index contributed by atoms with van der Waals surface area (Å²) in [5.41, 5.74) is -4.09. The minimum Gasteiger partial charge on any atom is -0.339 e. The second kappa shape index (κ2) is 7.34. The number of benzene rings is 1. The van der Waals surface area contributed by atoms with Crippen molar-refractivity contribution < 1.29 is 22.5 Å². The van der Waals surface area contributed by atoms with Crippen LogP contribution < -0.4 is 10.6 Å². The highest BCUT2D eigenvalue weighted by Gasteiger charge is 2.29. The number of hydrogen-bond acceptors (Lipinski definition) is 5. The average molecular weight is 372 g/mol. The Balaban J connectivity index is 1.44. The van der Waals surface area contributed by atoms with Crippen molar-refractivity contribution in [3.05, 3.63) is 36.0 Å². The SMILES string of the molecule is O=C(NCCc1nc(C2CC2)no1)Nc1cccc(SC(F)(F)F)c1. The van der Waals surface area contributed by atoms with Crippen molar-refractivity contribution in [2.45, 2.75) is 35.6 Å². The van der Waals surface area contributed by atoms with Gasteiger partial charge in [-0.15, -0.1) is 0 Å². The van der Waals surface area contributed by atoms with Crippen LogP contribution in [0.25, 0.3) is 0 Å². The van der Waals surface area contributed by atoms with E-state index in [4.69, 9.17) is 4.52 Å². The lowest BCUT2D eigenvalue weighted by molar-refractivity contribution is -0.0328. The first-order chi connectivity index (χ1) is 11.9. The van der Waals surface area contributed by atoms with Gasteiger partial charge in [-0.25, -0.2) is 4.79 Å². The molecule has 1 heterocycles.